The second-order valence-corrected chi connectivity index (χ2v) is 6.81. The van der Waals surface area contributed by atoms with Crippen LogP contribution in [0.5, 0.6) is 0 Å². The Labute approximate surface area is 127 Å². The number of fused-ring (bicyclic) bond motifs is 1. The van der Waals surface area contributed by atoms with Gasteiger partial charge in [-0.3, -0.25) is 4.79 Å². The van der Waals surface area contributed by atoms with Gasteiger partial charge in [0.1, 0.15) is 0 Å². The Morgan fingerprint density at radius 1 is 1.29 bits per heavy atom. The van der Waals surface area contributed by atoms with E-state index in [9.17, 15) is 4.79 Å². The molecule has 21 heavy (non-hydrogen) atoms. The Balaban J connectivity index is 1.66. The summed E-state index contributed by atoms with van der Waals surface area (Å²) in [5.41, 5.74) is 2.46. The fourth-order valence-electron chi connectivity index (χ4n) is 3.84. The van der Waals surface area contributed by atoms with Gasteiger partial charge in [-0.15, -0.1) is 0 Å². The number of amides is 1. The van der Waals surface area contributed by atoms with Crippen LogP contribution in [0.2, 0.25) is 0 Å². The number of nitrogens with zero attached hydrogens (tertiary/aromatic N) is 1. The van der Waals surface area contributed by atoms with Crippen molar-refractivity contribution in [2.75, 3.05) is 18.9 Å². The highest BCUT2D eigenvalue weighted by molar-refractivity contribution is 5.81. The zero-order chi connectivity index (χ0) is 14.8. The van der Waals surface area contributed by atoms with Crippen molar-refractivity contribution in [2.24, 2.45) is 11.8 Å². The molecular weight excluding hydrogens is 260 g/mol. The summed E-state index contributed by atoms with van der Waals surface area (Å²) < 4.78 is 0. The van der Waals surface area contributed by atoms with Gasteiger partial charge in [0.15, 0.2) is 0 Å². The topological polar surface area (TPSA) is 32.3 Å². The summed E-state index contributed by atoms with van der Waals surface area (Å²) in [6.07, 6.45) is 5.78. The third-order valence-electron chi connectivity index (χ3n) is 5.18. The van der Waals surface area contributed by atoms with E-state index in [4.69, 9.17) is 0 Å². The number of carbonyl (C=O) groups excluding carboxylic acids is 1. The standard InChI is InChI=1S/C18H26N2O/c1-13-6-5-8-16(10-13)20(2)18(21)15-11-14-7-3-4-9-17(14)19-12-15/h3-4,7,9,13,15-16,19H,5-6,8,10-12H2,1-2H3. The fraction of sp³-hybridized carbons (Fsp3) is 0.611. The second-order valence-electron chi connectivity index (χ2n) is 6.81. The van der Waals surface area contributed by atoms with Crippen molar-refractivity contribution in [3.05, 3.63) is 29.8 Å². The van der Waals surface area contributed by atoms with E-state index in [1.54, 1.807) is 0 Å². The van der Waals surface area contributed by atoms with Gasteiger partial charge in [-0.1, -0.05) is 38.0 Å². The van der Waals surface area contributed by atoms with Gasteiger partial charge in [0.05, 0.1) is 5.92 Å². The van der Waals surface area contributed by atoms with Crippen LogP contribution < -0.4 is 5.32 Å². The maximum absolute atomic E-state index is 12.8. The lowest BCUT2D eigenvalue weighted by molar-refractivity contribution is -0.136. The first-order valence-corrected chi connectivity index (χ1v) is 8.23. The predicted molar refractivity (Wildman–Crippen MR) is 86.3 cm³/mol. The second kappa shape index (κ2) is 6.08. The summed E-state index contributed by atoms with van der Waals surface area (Å²) in [7, 11) is 2.01. The lowest BCUT2D eigenvalue weighted by Gasteiger charge is -2.37. The van der Waals surface area contributed by atoms with Crippen molar-refractivity contribution in [3.63, 3.8) is 0 Å². The fourth-order valence-corrected chi connectivity index (χ4v) is 3.84. The van der Waals surface area contributed by atoms with Gasteiger partial charge in [-0.05, 0) is 36.8 Å². The van der Waals surface area contributed by atoms with Crippen LogP contribution in [0.1, 0.15) is 38.2 Å². The molecule has 1 heterocycles. The molecule has 1 aliphatic heterocycles. The molecule has 0 radical (unpaired) electrons. The van der Waals surface area contributed by atoms with E-state index in [1.165, 1.54) is 36.9 Å². The third-order valence-corrected chi connectivity index (χ3v) is 5.18. The molecule has 0 aromatic heterocycles. The van der Waals surface area contributed by atoms with Gasteiger partial charge < -0.3 is 10.2 Å². The van der Waals surface area contributed by atoms with Crippen LogP contribution in [0, 0.1) is 11.8 Å². The first-order valence-electron chi connectivity index (χ1n) is 8.23. The molecule has 1 aliphatic carbocycles. The molecule has 3 atom stereocenters. The van der Waals surface area contributed by atoms with E-state index in [0.29, 0.717) is 11.9 Å². The third kappa shape index (κ3) is 3.07. The largest absolute Gasteiger partial charge is 0.384 e. The van der Waals surface area contributed by atoms with Crippen LogP contribution in [-0.4, -0.2) is 30.4 Å². The number of rotatable bonds is 2. The minimum Gasteiger partial charge on any atom is -0.384 e. The summed E-state index contributed by atoms with van der Waals surface area (Å²) in [6, 6.07) is 8.77. The van der Waals surface area contributed by atoms with Gasteiger partial charge in [0.2, 0.25) is 5.91 Å². The minimum absolute atomic E-state index is 0.0853. The van der Waals surface area contributed by atoms with Crippen molar-refractivity contribution in [1.29, 1.82) is 0 Å². The summed E-state index contributed by atoms with van der Waals surface area (Å²) in [5.74, 6) is 1.16. The number of hydrogen-bond donors (Lipinski definition) is 1. The highest BCUT2D eigenvalue weighted by Gasteiger charge is 2.31. The van der Waals surface area contributed by atoms with Crippen LogP contribution in [0.15, 0.2) is 24.3 Å². The number of nitrogens with one attached hydrogen (secondary N) is 1. The first-order chi connectivity index (χ1) is 10.1. The van der Waals surface area contributed by atoms with Crippen LogP contribution in [-0.2, 0) is 11.2 Å². The molecule has 1 amide bonds. The molecule has 114 valence electrons. The Hall–Kier alpha value is -1.51. The Bertz CT molecular complexity index is 514. The van der Waals surface area contributed by atoms with Crippen molar-refractivity contribution < 1.29 is 4.79 Å². The molecule has 1 aromatic rings. The zero-order valence-corrected chi connectivity index (χ0v) is 13.1. The summed E-state index contributed by atoms with van der Waals surface area (Å²) in [5, 5.41) is 3.41. The molecule has 0 bridgehead atoms. The molecule has 3 heteroatoms. The maximum Gasteiger partial charge on any atom is 0.227 e. The molecule has 3 rings (SSSR count). The lowest BCUT2D eigenvalue weighted by Crippen LogP contribution is -2.45. The van der Waals surface area contributed by atoms with Crippen LogP contribution >= 0.6 is 0 Å². The molecule has 3 unspecified atom stereocenters. The number of para-hydroxylation sites is 1. The minimum atomic E-state index is 0.0853. The average Bonchev–Trinajstić information content (AvgIpc) is 2.53. The van der Waals surface area contributed by atoms with Gasteiger partial charge in [-0.25, -0.2) is 0 Å². The van der Waals surface area contributed by atoms with Crippen LogP contribution in [0.25, 0.3) is 0 Å². The molecule has 2 aliphatic rings. The molecular formula is C18H26N2O. The van der Waals surface area contributed by atoms with Gasteiger partial charge in [0, 0.05) is 25.3 Å². The number of carbonyl (C=O) groups is 1. The molecule has 0 saturated heterocycles. The molecule has 1 fully saturated rings. The van der Waals surface area contributed by atoms with Crippen molar-refractivity contribution in [2.45, 2.75) is 45.1 Å². The first kappa shape index (κ1) is 14.4. The number of benzene rings is 1. The Morgan fingerprint density at radius 2 is 2.10 bits per heavy atom. The average molecular weight is 286 g/mol. The lowest BCUT2D eigenvalue weighted by atomic mass is 9.85. The normalized spacial score (nSPS) is 28.4. The molecule has 3 nitrogen and oxygen atoms in total. The van der Waals surface area contributed by atoms with E-state index in [2.05, 4.69) is 30.4 Å². The van der Waals surface area contributed by atoms with Gasteiger partial charge in [-0.2, -0.15) is 0 Å². The quantitative estimate of drug-likeness (QED) is 0.904. The number of anilines is 1. The molecule has 1 saturated carbocycles. The van der Waals surface area contributed by atoms with Crippen molar-refractivity contribution >= 4 is 11.6 Å². The van der Waals surface area contributed by atoms with E-state index in [-0.39, 0.29) is 5.92 Å². The van der Waals surface area contributed by atoms with E-state index >= 15 is 0 Å². The monoisotopic (exact) mass is 286 g/mol. The highest BCUT2D eigenvalue weighted by atomic mass is 16.2. The van der Waals surface area contributed by atoms with Crippen molar-refractivity contribution in [1.82, 2.24) is 4.90 Å². The zero-order valence-electron chi connectivity index (χ0n) is 13.1. The Morgan fingerprint density at radius 3 is 2.90 bits per heavy atom. The van der Waals surface area contributed by atoms with E-state index < -0.39 is 0 Å². The molecule has 0 spiro atoms. The van der Waals surface area contributed by atoms with Crippen molar-refractivity contribution in [3.8, 4) is 0 Å². The summed E-state index contributed by atoms with van der Waals surface area (Å²) >= 11 is 0. The Kier molecular flexibility index (Phi) is 4.18. The van der Waals surface area contributed by atoms with Crippen LogP contribution in [0.4, 0.5) is 5.69 Å². The van der Waals surface area contributed by atoms with E-state index in [1.807, 2.05) is 18.0 Å². The van der Waals surface area contributed by atoms with Crippen LogP contribution in [0.3, 0.4) is 0 Å². The smallest absolute Gasteiger partial charge is 0.227 e. The predicted octanol–water partition coefficient (Wildman–Crippen LogP) is 3.31. The van der Waals surface area contributed by atoms with Gasteiger partial charge >= 0.3 is 0 Å². The number of hydrogen-bond acceptors (Lipinski definition) is 2. The van der Waals surface area contributed by atoms with E-state index in [0.717, 1.165) is 18.9 Å². The summed E-state index contributed by atoms with van der Waals surface area (Å²) in [6.45, 7) is 3.07. The maximum atomic E-state index is 12.8. The summed E-state index contributed by atoms with van der Waals surface area (Å²) in [4.78, 5) is 14.8. The molecule has 1 aromatic carbocycles. The SMILES string of the molecule is CC1CCCC(N(C)C(=O)C2CNc3ccccc3C2)C1. The van der Waals surface area contributed by atoms with Gasteiger partial charge in [0.25, 0.3) is 0 Å². The molecule has 1 N–H and O–H groups in total. The highest BCUT2D eigenvalue weighted by Crippen LogP contribution is 2.29.